The number of nitrogens with one attached hydrogen (secondary N) is 1. The van der Waals surface area contributed by atoms with Crippen LogP contribution in [-0.4, -0.2) is 27.5 Å². The molecule has 2 aromatic rings. The van der Waals surface area contributed by atoms with E-state index in [0.717, 1.165) is 6.07 Å². The number of ether oxygens (including phenoxy) is 1. The van der Waals surface area contributed by atoms with Crippen molar-refractivity contribution in [3.63, 3.8) is 0 Å². The summed E-state index contributed by atoms with van der Waals surface area (Å²) in [5.74, 6) is -0.0931. The van der Waals surface area contributed by atoms with Crippen LogP contribution in [0.5, 0.6) is 5.75 Å². The second kappa shape index (κ2) is 7.09. The zero-order valence-electron chi connectivity index (χ0n) is 16.2. The molecule has 150 valence electrons. The fourth-order valence-electron chi connectivity index (χ4n) is 3.02. The molecule has 1 amide bonds. The largest absolute Gasteiger partial charge is 0.490 e. The van der Waals surface area contributed by atoms with Crippen molar-refractivity contribution in [2.45, 2.75) is 32.6 Å². The molecule has 8 heteroatoms. The lowest BCUT2D eigenvalue weighted by Crippen LogP contribution is -2.42. The molecule has 1 aliphatic rings. The van der Waals surface area contributed by atoms with Gasteiger partial charge in [-0.25, -0.2) is 12.8 Å². The third kappa shape index (κ3) is 3.69. The summed E-state index contributed by atoms with van der Waals surface area (Å²) in [5, 5.41) is 0. The molecule has 0 fully saturated rings. The minimum atomic E-state index is -3.89. The zero-order valence-corrected chi connectivity index (χ0v) is 17.1. The maximum absolute atomic E-state index is 13.4. The van der Waals surface area contributed by atoms with Crippen molar-refractivity contribution < 1.29 is 22.3 Å². The Morgan fingerprint density at radius 3 is 2.57 bits per heavy atom. The molecule has 28 heavy (non-hydrogen) atoms. The summed E-state index contributed by atoms with van der Waals surface area (Å²) in [4.78, 5) is 14.3. The molecule has 1 heterocycles. The number of benzene rings is 2. The van der Waals surface area contributed by atoms with E-state index in [1.54, 1.807) is 23.1 Å². The fourth-order valence-corrected chi connectivity index (χ4v) is 4.16. The highest BCUT2D eigenvalue weighted by Crippen LogP contribution is 2.38. The number of rotatable bonds is 4. The molecule has 1 N–H and O–H groups in total. The average Bonchev–Trinajstić information content (AvgIpc) is 2.72. The molecular formula is C20H23FN2O4S. The van der Waals surface area contributed by atoms with Crippen LogP contribution in [0.3, 0.4) is 0 Å². The van der Waals surface area contributed by atoms with E-state index >= 15 is 0 Å². The van der Waals surface area contributed by atoms with Crippen molar-refractivity contribution in [1.82, 2.24) is 0 Å². The van der Waals surface area contributed by atoms with Crippen molar-refractivity contribution in [2.24, 2.45) is 5.41 Å². The SMILES string of the molecule is CCN1C(=O)C(C)(C)COc2cc(NS(=O)(=O)c3ccc(F)c(C)c3)ccc21. The summed E-state index contributed by atoms with van der Waals surface area (Å²) in [6, 6.07) is 8.40. The number of hydrogen-bond donors (Lipinski definition) is 1. The second-order valence-electron chi connectivity index (χ2n) is 7.42. The van der Waals surface area contributed by atoms with E-state index in [4.69, 9.17) is 4.74 Å². The molecule has 1 aliphatic heterocycles. The van der Waals surface area contributed by atoms with Crippen LogP contribution in [0.15, 0.2) is 41.3 Å². The van der Waals surface area contributed by atoms with Crippen molar-refractivity contribution in [1.29, 1.82) is 0 Å². The van der Waals surface area contributed by atoms with Crippen LogP contribution >= 0.6 is 0 Å². The molecular weight excluding hydrogens is 383 g/mol. The fraction of sp³-hybridized carbons (Fsp3) is 0.350. The van der Waals surface area contributed by atoms with Gasteiger partial charge in [-0.3, -0.25) is 9.52 Å². The molecule has 6 nitrogen and oxygen atoms in total. The molecule has 0 atom stereocenters. The Hall–Kier alpha value is -2.61. The zero-order chi connectivity index (χ0) is 20.7. The molecule has 0 unspecified atom stereocenters. The molecule has 2 aromatic carbocycles. The van der Waals surface area contributed by atoms with Crippen LogP contribution < -0.4 is 14.4 Å². The van der Waals surface area contributed by atoms with E-state index in [2.05, 4.69) is 4.72 Å². The number of carbonyl (C=O) groups is 1. The second-order valence-corrected chi connectivity index (χ2v) is 9.10. The Morgan fingerprint density at radius 1 is 1.21 bits per heavy atom. The average molecular weight is 406 g/mol. The van der Waals surface area contributed by atoms with Gasteiger partial charge in [0.15, 0.2) is 0 Å². The first-order chi connectivity index (χ1) is 13.0. The van der Waals surface area contributed by atoms with Gasteiger partial charge in [0.25, 0.3) is 10.0 Å². The summed E-state index contributed by atoms with van der Waals surface area (Å²) in [6.45, 7) is 7.65. The number of fused-ring (bicyclic) bond motifs is 1. The molecule has 0 radical (unpaired) electrons. The monoisotopic (exact) mass is 406 g/mol. The van der Waals surface area contributed by atoms with Gasteiger partial charge in [0, 0.05) is 12.6 Å². The number of halogens is 1. The number of carbonyl (C=O) groups excluding carboxylic acids is 1. The smallest absolute Gasteiger partial charge is 0.261 e. The minimum absolute atomic E-state index is 0.0336. The van der Waals surface area contributed by atoms with Crippen LogP contribution in [0, 0.1) is 18.2 Å². The molecule has 0 saturated carbocycles. The minimum Gasteiger partial charge on any atom is -0.490 e. The van der Waals surface area contributed by atoms with Crippen LogP contribution in [0.4, 0.5) is 15.8 Å². The quantitative estimate of drug-likeness (QED) is 0.840. The highest BCUT2D eigenvalue weighted by molar-refractivity contribution is 7.92. The van der Waals surface area contributed by atoms with Gasteiger partial charge in [-0.2, -0.15) is 0 Å². The standard InChI is InChI=1S/C20H23FN2O4S/c1-5-23-17-9-6-14(11-18(17)27-12-20(3,4)19(23)24)22-28(25,26)15-7-8-16(21)13(2)10-15/h6-11,22H,5,12H2,1-4H3. The van der Waals surface area contributed by atoms with Gasteiger partial charge < -0.3 is 9.64 Å². The number of amides is 1. The lowest BCUT2D eigenvalue weighted by molar-refractivity contribution is -0.127. The molecule has 0 spiro atoms. The first-order valence-corrected chi connectivity index (χ1v) is 10.4. The maximum Gasteiger partial charge on any atom is 0.261 e. The summed E-state index contributed by atoms with van der Waals surface area (Å²) in [7, 11) is -3.89. The van der Waals surface area contributed by atoms with E-state index in [1.807, 2.05) is 20.8 Å². The van der Waals surface area contributed by atoms with E-state index < -0.39 is 21.3 Å². The Bertz CT molecular complexity index is 1030. The number of anilines is 2. The highest BCUT2D eigenvalue weighted by Gasteiger charge is 2.37. The van der Waals surface area contributed by atoms with Crippen molar-refractivity contribution in [3.8, 4) is 5.75 Å². The number of sulfonamides is 1. The summed E-state index contributed by atoms with van der Waals surface area (Å²) >= 11 is 0. The van der Waals surface area contributed by atoms with E-state index in [9.17, 15) is 17.6 Å². The molecule has 0 saturated heterocycles. The van der Waals surface area contributed by atoms with Crippen LogP contribution in [0.1, 0.15) is 26.3 Å². The van der Waals surface area contributed by atoms with Gasteiger partial charge in [-0.15, -0.1) is 0 Å². The van der Waals surface area contributed by atoms with Gasteiger partial charge >= 0.3 is 0 Å². The molecule has 3 rings (SSSR count). The highest BCUT2D eigenvalue weighted by atomic mass is 32.2. The lowest BCUT2D eigenvalue weighted by atomic mass is 9.93. The molecule has 0 aromatic heterocycles. The topological polar surface area (TPSA) is 75.7 Å². The van der Waals surface area contributed by atoms with Gasteiger partial charge in [0.05, 0.1) is 21.7 Å². The van der Waals surface area contributed by atoms with E-state index in [1.165, 1.54) is 19.1 Å². The molecule has 0 bridgehead atoms. The van der Waals surface area contributed by atoms with Crippen molar-refractivity contribution in [3.05, 3.63) is 47.8 Å². The van der Waals surface area contributed by atoms with Crippen LogP contribution in [0.2, 0.25) is 0 Å². The van der Waals surface area contributed by atoms with Gasteiger partial charge in [0.1, 0.15) is 18.2 Å². The first kappa shape index (κ1) is 20.1. The summed E-state index contributed by atoms with van der Waals surface area (Å²) < 4.78 is 47.0. The summed E-state index contributed by atoms with van der Waals surface area (Å²) in [6.07, 6.45) is 0. The maximum atomic E-state index is 13.4. The predicted octanol–water partition coefficient (Wildman–Crippen LogP) is 3.71. The van der Waals surface area contributed by atoms with Crippen molar-refractivity contribution >= 4 is 27.3 Å². The van der Waals surface area contributed by atoms with Crippen LogP contribution in [-0.2, 0) is 14.8 Å². The van der Waals surface area contributed by atoms with Crippen LogP contribution in [0.25, 0.3) is 0 Å². The predicted molar refractivity (Wildman–Crippen MR) is 106 cm³/mol. The third-order valence-electron chi connectivity index (χ3n) is 4.67. The lowest BCUT2D eigenvalue weighted by Gasteiger charge is -2.26. The first-order valence-electron chi connectivity index (χ1n) is 8.93. The third-order valence-corrected chi connectivity index (χ3v) is 6.05. The number of hydrogen-bond acceptors (Lipinski definition) is 4. The van der Waals surface area contributed by atoms with Gasteiger partial charge in [-0.05, 0) is 63.6 Å². The van der Waals surface area contributed by atoms with Crippen molar-refractivity contribution in [2.75, 3.05) is 22.8 Å². The van der Waals surface area contributed by atoms with E-state index in [-0.39, 0.29) is 23.0 Å². The number of aryl methyl sites for hydroxylation is 1. The Labute approximate surface area is 164 Å². The normalized spacial score (nSPS) is 16.2. The van der Waals surface area contributed by atoms with Gasteiger partial charge in [-0.1, -0.05) is 0 Å². The van der Waals surface area contributed by atoms with Gasteiger partial charge in [0.2, 0.25) is 5.91 Å². The Morgan fingerprint density at radius 2 is 1.93 bits per heavy atom. The number of nitrogens with zero attached hydrogens (tertiary/aromatic N) is 1. The Balaban J connectivity index is 1.95. The molecule has 0 aliphatic carbocycles. The Kier molecular flexibility index (Phi) is 5.10. The van der Waals surface area contributed by atoms with E-state index in [0.29, 0.717) is 23.7 Å². The summed E-state index contributed by atoms with van der Waals surface area (Å²) in [5.41, 5.74) is 0.440.